The lowest BCUT2D eigenvalue weighted by Gasteiger charge is -2.22. The van der Waals surface area contributed by atoms with Crippen molar-refractivity contribution in [3.05, 3.63) is 12.2 Å². The molecule has 0 unspecified atom stereocenters. The Morgan fingerprint density at radius 1 is 0.893 bits per heavy atom. The molecule has 4 heteroatoms. The summed E-state index contributed by atoms with van der Waals surface area (Å²) >= 11 is 0. The van der Waals surface area contributed by atoms with Gasteiger partial charge in [-0.25, -0.2) is 0 Å². The summed E-state index contributed by atoms with van der Waals surface area (Å²) < 4.78 is 0. The molecule has 0 heterocycles. The molecule has 1 fully saturated rings. The van der Waals surface area contributed by atoms with E-state index in [-0.39, 0.29) is 30.8 Å². The summed E-state index contributed by atoms with van der Waals surface area (Å²) in [6.07, 6.45) is 19.5. The molecule has 2 atom stereocenters. The van der Waals surface area contributed by atoms with Crippen LogP contribution < -0.4 is 0 Å². The molecule has 0 aromatic carbocycles. The number of hydrogen-bond acceptors (Lipinski definition) is 4. The lowest BCUT2D eigenvalue weighted by molar-refractivity contribution is -0.147. The van der Waals surface area contributed by atoms with Crippen LogP contribution in [0.5, 0.6) is 0 Å². The molecule has 1 N–H and O–H groups in total. The van der Waals surface area contributed by atoms with Crippen LogP contribution in [0.15, 0.2) is 12.2 Å². The molecule has 0 saturated heterocycles. The minimum Gasteiger partial charge on any atom is -0.385 e. The molecule has 1 aliphatic rings. The third kappa shape index (κ3) is 10.3. The van der Waals surface area contributed by atoms with Gasteiger partial charge >= 0.3 is 0 Å². The molecule has 0 aromatic heterocycles. The second-order valence-corrected chi connectivity index (χ2v) is 8.16. The largest absolute Gasteiger partial charge is 0.385 e. The molecular formula is C24H40O4. The number of aliphatic hydroxyl groups excluding tert-OH is 1. The molecule has 1 aliphatic carbocycles. The normalized spacial score (nSPS) is 20.2. The van der Waals surface area contributed by atoms with Gasteiger partial charge in [0.15, 0.2) is 17.3 Å². The number of unbranched alkanes of at least 4 members (excludes halogenated alkanes) is 11. The third-order valence-electron chi connectivity index (χ3n) is 5.61. The van der Waals surface area contributed by atoms with Crippen LogP contribution in [0.4, 0.5) is 0 Å². The smallest absolute Gasteiger partial charge is 0.179 e. The predicted molar refractivity (Wildman–Crippen MR) is 113 cm³/mol. The highest BCUT2D eigenvalue weighted by Gasteiger charge is 2.40. The minimum absolute atomic E-state index is 0.135. The number of carbonyl (C=O) groups excluding carboxylic acids is 3. The number of carbonyl (C=O) groups is 3. The SMILES string of the molecule is CCCCCCCC/C=C/CCCCCCCC(=O)[C@H]1C(=O)CC[C@H](O)C1=O. The maximum Gasteiger partial charge on any atom is 0.179 e. The Morgan fingerprint density at radius 3 is 2.04 bits per heavy atom. The summed E-state index contributed by atoms with van der Waals surface area (Å²) in [7, 11) is 0. The Balaban J connectivity index is 1.96. The van der Waals surface area contributed by atoms with Crippen molar-refractivity contribution in [1.82, 2.24) is 0 Å². The molecule has 0 bridgehead atoms. The van der Waals surface area contributed by atoms with Crippen molar-refractivity contribution < 1.29 is 19.5 Å². The molecule has 0 spiro atoms. The topological polar surface area (TPSA) is 71.4 Å². The first-order chi connectivity index (χ1) is 13.6. The van der Waals surface area contributed by atoms with Gasteiger partial charge in [0.25, 0.3) is 0 Å². The van der Waals surface area contributed by atoms with Gasteiger partial charge in [0, 0.05) is 12.8 Å². The van der Waals surface area contributed by atoms with Crippen molar-refractivity contribution in [3.63, 3.8) is 0 Å². The van der Waals surface area contributed by atoms with Crippen molar-refractivity contribution in [2.45, 2.75) is 116 Å². The van der Waals surface area contributed by atoms with Gasteiger partial charge < -0.3 is 5.11 Å². The van der Waals surface area contributed by atoms with Crippen LogP contribution in [0, 0.1) is 5.92 Å². The lowest BCUT2D eigenvalue weighted by Crippen LogP contribution is -2.43. The lowest BCUT2D eigenvalue weighted by atomic mass is 9.81. The number of allylic oxidation sites excluding steroid dienone is 2. The summed E-state index contributed by atoms with van der Waals surface area (Å²) in [5.74, 6) is -2.39. The summed E-state index contributed by atoms with van der Waals surface area (Å²) in [6.45, 7) is 2.25. The summed E-state index contributed by atoms with van der Waals surface area (Å²) in [5.41, 5.74) is 0. The van der Waals surface area contributed by atoms with E-state index < -0.39 is 17.8 Å². The van der Waals surface area contributed by atoms with Crippen LogP contribution in [0.2, 0.25) is 0 Å². The van der Waals surface area contributed by atoms with E-state index in [1.807, 2.05) is 0 Å². The van der Waals surface area contributed by atoms with Crippen molar-refractivity contribution in [2.24, 2.45) is 5.92 Å². The molecule has 1 rings (SSSR count). The zero-order chi connectivity index (χ0) is 20.6. The monoisotopic (exact) mass is 392 g/mol. The van der Waals surface area contributed by atoms with E-state index in [0.29, 0.717) is 0 Å². The maximum atomic E-state index is 12.1. The van der Waals surface area contributed by atoms with E-state index in [4.69, 9.17) is 0 Å². The van der Waals surface area contributed by atoms with Gasteiger partial charge in [-0.3, -0.25) is 14.4 Å². The molecule has 28 heavy (non-hydrogen) atoms. The van der Waals surface area contributed by atoms with Crippen LogP contribution in [0.3, 0.4) is 0 Å². The highest BCUT2D eigenvalue weighted by molar-refractivity contribution is 6.21. The standard InChI is InChI=1S/C24H40O4/c1-2-3-4-5-6-7-8-9-10-11-12-13-14-15-16-17-20(25)23-21(26)18-19-22(27)24(23)28/h9-10,22-23,27H,2-8,11-19H2,1H3/b10-9+/t22-,23-/m0/s1. The highest BCUT2D eigenvalue weighted by atomic mass is 16.3. The van der Waals surface area contributed by atoms with Crippen LogP contribution >= 0.6 is 0 Å². The molecule has 1 saturated carbocycles. The van der Waals surface area contributed by atoms with Crippen LogP contribution in [-0.4, -0.2) is 28.6 Å². The summed E-state index contributed by atoms with van der Waals surface area (Å²) in [6, 6.07) is 0. The minimum atomic E-state index is -1.19. The number of hydrogen-bond donors (Lipinski definition) is 1. The van der Waals surface area contributed by atoms with Crippen molar-refractivity contribution in [2.75, 3.05) is 0 Å². The van der Waals surface area contributed by atoms with Gasteiger partial charge in [-0.2, -0.15) is 0 Å². The van der Waals surface area contributed by atoms with Gasteiger partial charge in [-0.1, -0.05) is 70.4 Å². The molecule has 0 amide bonds. The van der Waals surface area contributed by atoms with Crippen LogP contribution in [0.1, 0.15) is 110 Å². The fourth-order valence-electron chi connectivity index (χ4n) is 3.77. The van der Waals surface area contributed by atoms with Gasteiger partial charge in [0.05, 0.1) is 0 Å². The Hall–Kier alpha value is -1.29. The molecule has 0 aromatic rings. The average Bonchev–Trinajstić information content (AvgIpc) is 2.68. The quantitative estimate of drug-likeness (QED) is 0.214. The van der Waals surface area contributed by atoms with E-state index >= 15 is 0 Å². The third-order valence-corrected chi connectivity index (χ3v) is 5.61. The van der Waals surface area contributed by atoms with E-state index in [1.54, 1.807) is 0 Å². The molecule has 160 valence electrons. The van der Waals surface area contributed by atoms with Crippen LogP contribution in [-0.2, 0) is 14.4 Å². The van der Waals surface area contributed by atoms with Crippen LogP contribution in [0.25, 0.3) is 0 Å². The Bertz CT molecular complexity index is 495. The second kappa shape index (κ2) is 15.6. The Labute approximate surface area is 171 Å². The summed E-state index contributed by atoms with van der Waals surface area (Å²) in [5, 5.41) is 9.56. The van der Waals surface area contributed by atoms with E-state index in [2.05, 4.69) is 19.1 Å². The molecule has 0 radical (unpaired) electrons. The first-order valence-electron chi connectivity index (χ1n) is 11.5. The first kappa shape index (κ1) is 24.7. The number of aliphatic hydroxyl groups is 1. The molecule has 0 aliphatic heterocycles. The zero-order valence-electron chi connectivity index (χ0n) is 17.8. The van der Waals surface area contributed by atoms with Gasteiger partial charge in [0.1, 0.15) is 12.0 Å². The average molecular weight is 393 g/mol. The van der Waals surface area contributed by atoms with Crippen molar-refractivity contribution in [1.29, 1.82) is 0 Å². The first-order valence-corrected chi connectivity index (χ1v) is 11.5. The summed E-state index contributed by atoms with van der Waals surface area (Å²) in [4.78, 5) is 35.8. The van der Waals surface area contributed by atoms with Crippen molar-refractivity contribution >= 4 is 17.3 Å². The van der Waals surface area contributed by atoms with E-state index in [0.717, 1.165) is 32.1 Å². The van der Waals surface area contributed by atoms with Crippen molar-refractivity contribution in [3.8, 4) is 0 Å². The van der Waals surface area contributed by atoms with Gasteiger partial charge in [0.2, 0.25) is 0 Å². The second-order valence-electron chi connectivity index (χ2n) is 8.16. The zero-order valence-corrected chi connectivity index (χ0v) is 17.8. The highest BCUT2D eigenvalue weighted by Crippen LogP contribution is 2.21. The molecule has 4 nitrogen and oxygen atoms in total. The Kier molecular flexibility index (Phi) is 13.8. The number of Topliss-reactive ketones (excluding diaryl/α,β-unsaturated/α-hetero) is 3. The fraction of sp³-hybridized carbons (Fsp3) is 0.792. The Morgan fingerprint density at radius 2 is 1.43 bits per heavy atom. The number of ketones is 3. The van der Waals surface area contributed by atoms with Gasteiger partial charge in [-0.15, -0.1) is 0 Å². The van der Waals surface area contributed by atoms with E-state index in [1.165, 1.54) is 51.4 Å². The van der Waals surface area contributed by atoms with E-state index in [9.17, 15) is 19.5 Å². The number of rotatable bonds is 16. The van der Waals surface area contributed by atoms with Gasteiger partial charge in [-0.05, 0) is 38.5 Å². The molecular weight excluding hydrogens is 352 g/mol. The predicted octanol–water partition coefficient (Wildman–Crippen LogP) is 5.50. The fourth-order valence-corrected chi connectivity index (χ4v) is 3.77. The maximum absolute atomic E-state index is 12.1.